The number of benzene rings is 9. The lowest BCUT2D eigenvalue weighted by Crippen LogP contribution is -2.26. The van der Waals surface area contributed by atoms with Gasteiger partial charge < -0.3 is 0 Å². The minimum Gasteiger partial charge on any atom is -0.291 e. The molecule has 0 fully saturated rings. The van der Waals surface area contributed by atoms with Crippen LogP contribution in [0.1, 0.15) is 11.1 Å². The molecule has 3 nitrogen and oxygen atoms in total. The van der Waals surface area contributed by atoms with E-state index in [0.717, 1.165) is 55.7 Å². The Bertz CT molecular complexity index is 3720. The van der Waals surface area contributed by atoms with Crippen molar-refractivity contribution in [3.63, 3.8) is 0 Å². The first-order valence-electron chi connectivity index (χ1n) is 20.4. The number of aromatic nitrogens is 3. The van der Waals surface area contributed by atoms with Crippen molar-refractivity contribution < 1.29 is 0 Å². The van der Waals surface area contributed by atoms with E-state index in [4.69, 9.17) is 21.8 Å². The maximum absolute atomic E-state index is 6.72. The SMILES string of the molecule is S=P(c1ccccc1)(c1ccc2ccccc2c1)c1ccc(-c2ccc3c(ccc4c5ccccc5c5nc6cc(Cc7ccc8ccccc8c7)ccc6n5c34)c2)cn1. The Kier molecular flexibility index (Phi) is 8.06. The lowest BCUT2D eigenvalue weighted by Gasteiger charge is -2.23. The fourth-order valence-corrected chi connectivity index (χ4v) is 12.8. The number of pyridine rings is 2. The molecular formula is C55H36N3PS. The van der Waals surface area contributed by atoms with Gasteiger partial charge in [-0.15, -0.1) is 0 Å². The largest absolute Gasteiger partial charge is 0.291 e. The highest BCUT2D eigenvalue weighted by Crippen LogP contribution is 2.43. The standard InChI is InChI=1S/C55H36N3PS/c60-59(45-14-2-1-3-15-45,46-25-21-39-11-5-7-13-41(39)34-46)53-29-24-44(35-56-53)42-22-26-47-43(33-42)23-27-49-48-16-8-9-17-50(48)55-57-51-32-37(19-28-52(51)58(55)54(47)49)30-36-18-20-38-10-4-6-12-40(38)31-36/h1-29,31-35H,30H2. The summed E-state index contributed by atoms with van der Waals surface area (Å²) in [5, 5.41) is 13.1. The van der Waals surface area contributed by atoms with Crippen molar-refractivity contribution in [2.45, 2.75) is 6.42 Å². The molecule has 0 aliphatic rings. The molecule has 0 aliphatic heterocycles. The van der Waals surface area contributed by atoms with E-state index in [1.54, 1.807) is 0 Å². The number of hydrogen-bond donors (Lipinski definition) is 0. The smallest absolute Gasteiger partial charge is 0.146 e. The Morgan fingerprint density at radius 2 is 1.10 bits per heavy atom. The van der Waals surface area contributed by atoms with Crippen molar-refractivity contribution in [2.75, 3.05) is 0 Å². The second-order valence-electron chi connectivity index (χ2n) is 15.8. The average Bonchev–Trinajstić information content (AvgIpc) is 3.70. The first kappa shape index (κ1) is 35.0. The zero-order valence-corrected chi connectivity index (χ0v) is 34.2. The molecule has 0 N–H and O–H groups in total. The van der Waals surface area contributed by atoms with E-state index in [9.17, 15) is 0 Å². The molecule has 0 bridgehead atoms. The quantitative estimate of drug-likeness (QED) is 0.124. The first-order chi connectivity index (χ1) is 29.6. The lowest BCUT2D eigenvalue weighted by molar-refractivity contribution is 1.20. The average molecular weight is 802 g/mol. The summed E-state index contributed by atoms with van der Waals surface area (Å²) in [6, 6.07) is 69.7. The zero-order valence-electron chi connectivity index (χ0n) is 32.5. The van der Waals surface area contributed by atoms with Crippen molar-refractivity contribution in [3.05, 3.63) is 218 Å². The van der Waals surface area contributed by atoms with Crippen LogP contribution in [0.2, 0.25) is 0 Å². The van der Waals surface area contributed by atoms with Crippen molar-refractivity contribution in [2.24, 2.45) is 0 Å². The molecule has 282 valence electrons. The van der Waals surface area contributed by atoms with Crippen molar-refractivity contribution in [1.29, 1.82) is 0 Å². The van der Waals surface area contributed by atoms with Gasteiger partial charge in [-0.3, -0.25) is 9.38 Å². The van der Waals surface area contributed by atoms with Crippen LogP contribution in [0.3, 0.4) is 0 Å². The Labute approximate surface area is 352 Å². The molecule has 0 saturated heterocycles. The molecule has 1 unspecified atom stereocenters. The summed E-state index contributed by atoms with van der Waals surface area (Å²) in [5.41, 5.74) is 9.93. The molecule has 0 spiro atoms. The van der Waals surface area contributed by atoms with E-state index in [0.29, 0.717) is 0 Å². The predicted molar refractivity (Wildman–Crippen MR) is 259 cm³/mol. The number of rotatable bonds is 6. The maximum atomic E-state index is 6.72. The number of imidazole rings is 1. The van der Waals surface area contributed by atoms with E-state index >= 15 is 0 Å². The highest BCUT2D eigenvalue weighted by molar-refractivity contribution is 8.25. The number of hydrogen-bond acceptors (Lipinski definition) is 3. The lowest BCUT2D eigenvalue weighted by atomic mass is 9.98. The summed E-state index contributed by atoms with van der Waals surface area (Å²) in [6.07, 6.45) is 2.86. The highest BCUT2D eigenvalue weighted by atomic mass is 32.4. The van der Waals surface area contributed by atoms with Crippen LogP contribution in [0.25, 0.3) is 81.8 Å². The number of nitrogens with zero attached hydrogens (tertiary/aromatic N) is 3. The van der Waals surface area contributed by atoms with Crippen molar-refractivity contribution in [1.82, 2.24) is 14.4 Å². The van der Waals surface area contributed by atoms with Gasteiger partial charge in [0, 0.05) is 27.9 Å². The second-order valence-corrected chi connectivity index (χ2v) is 20.1. The Morgan fingerprint density at radius 3 is 1.90 bits per heavy atom. The zero-order chi connectivity index (χ0) is 39.8. The first-order valence-corrected chi connectivity index (χ1v) is 23.2. The summed E-state index contributed by atoms with van der Waals surface area (Å²) in [5.74, 6) is 0. The van der Waals surface area contributed by atoms with Crippen molar-refractivity contribution >= 4 is 105 Å². The Morgan fingerprint density at radius 1 is 0.450 bits per heavy atom. The van der Waals surface area contributed by atoms with Crippen molar-refractivity contribution in [3.8, 4) is 11.1 Å². The molecule has 0 radical (unpaired) electrons. The molecule has 9 aromatic carbocycles. The topological polar surface area (TPSA) is 30.2 Å². The van der Waals surface area contributed by atoms with E-state index in [-0.39, 0.29) is 0 Å². The number of fused-ring (bicyclic) bond motifs is 12. The van der Waals surface area contributed by atoms with Crippen LogP contribution >= 0.6 is 6.04 Å². The monoisotopic (exact) mass is 801 g/mol. The van der Waals surface area contributed by atoms with Crippen LogP contribution in [-0.4, -0.2) is 14.4 Å². The summed E-state index contributed by atoms with van der Waals surface area (Å²) >= 11 is 6.72. The molecule has 0 amide bonds. The Balaban J connectivity index is 0.966. The normalized spacial score (nSPS) is 12.9. The van der Waals surface area contributed by atoms with E-state index in [1.807, 2.05) is 6.20 Å². The summed E-state index contributed by atoms with van der Waals surface area (Å²) < 4.78 is 2.38. The molecule has 0 aliphatic carbocycles. The van der Waals surface area contributed by atoms with Gasteiger partial charge in [-0.05, 0) is 96.4 Å². The molecule has 1 atom stereocenters. The van der Waals surface area contributed by atoms with Gasteiger partial charge in [0.1, 0.15) is 5.65 Å². The Hall–Kier alpha value is -6.97. The fourth-order valence-electron chi connectivity index (χ4n) is 9.26. The minimum atomic E-state index is -2.43. The summed E-state index contributed by atoms with van der Waals surface area (Å²) in [7, 11) is 0. The van der Waals surface area contributed by atoms with Gasteiger partial charge in [0.25, 0.3) is 0 Å². The molecule has 0 saturated carbocycles. The van der Waals surface area contributed by atoms with E-state index in [1.165, 1.54) is 59.7 Å². The van der Waals surface area contributed by atoms with Crippen LogP contribution in [0.15, 0.2) is 206 Å². The molecule has 3 aromatic heterocycles. The minimum absolute atomic E-state index is 0.850. The van der Waals surface area contributed by atoms with E-state index < -0.39 is 6.04 Å². The highest BCUT2D eigenvalue weighted by Gasteiger charge is 2.27. The van der Waals surface area contributed by atoms with Crippen LogP contribution in [-0.2, 0) is 18.2 Å². The van der Waals surface area contributed by atoms with Gasteiger partial charge in [-0.2, -0.15) is 0 Å². The van der Waals surface area contributed by atoms with Gasteiger partial charge in [0.05, 0.1) is 28.0 Å². The van der Waals surface area contributed by atoms with Crippen LogP contribution in [0, 0.1) is 0 Å². The van der Waals surface area contributed by atoms with Gasteiger partial charge in [-0.1, -0.05) is 182 Å². The van der Waals surface area contributed by atoms with E-state index in [2.05, 4.69) is 205 Å². The third kappa shape index (κ3) is 5.60. The van der Waals surface area contributed by atoms with Gasteiger partial charge in [-0.25, -0.2) is 4.98 Å². The predicted octanol–water partition coefficient (Wildman–Crippen LogP) is 12.7. The maximum Gasteiger partial charge on any atom is 0.146 e. The van der Waals surface area contributed by atoms with Gasteiger partial charge in [0.15, 0.2) is 0 Å². The summed E-state index contributed by atoms with van der Waals surface area (Å²) in [6.45, 7) is 0. The van der Waals surface area contributed by atoms with Crippen LogP contribution in [0.5, 0.6) is 0 Å². The van der Waals surface area contributed by atoms with Crippen LogP contribution in [0.4, 0.5) is 0 Å². The molecule has 5 heteroatoms. The molecule has 12 rings (SSSR count). The molecule has 60 heavy (non-hydrogen) atoms. The molecule has 3 heterocycles. The molecular weight excluding hydrogens is 766 g/mol. The summed E-state index contributed by atoms with van der Waals surface area (Å²) in [4.78, 5) is 10.5. The van der Waals surface area contributed by atoms with Gasteiger partial charge in [0.2, 0.25) is 0 Å². The molecule has 12 aromatic rings. The fraction of sp³-hybridized carbons (Fsp3) is 0.0182. The second kappa shape index (κ2) is 13.8. The third-order valence-corrected chi connectivity index (χ3v) is 17.0. The van der Waals surface area contributed by atoms with Crippen LogP contribution < -0.4 is 16.0 Å². The van der Waals surface area contributed by atoms with Gasteiger partial charge >= 0.3 is 0 Å². The third-order valence-electron chi connectivity index (χ3n) is 12.2.